The van der Waals surface area contributed by atoms with Crippen LogP contribution in [0.15, 0.2) is 36.4 Å². The molecule has 0 bridgehead atoms. The van der Waals surface area contributed by atoms with Gasteiger partial charge in [0.2, 0.25) is 0 Å². The summed E-state index contributed by atoms with van der Waals surface area (Å²) in [4.78, 5) is 14.9. The van der Waals surface area contributed by atoms with E-state index in [1.165, 1.54) is 18.2 Å². The zero-order valence-corrected chi connectivity index (χ0v) is 23.1. The quantitative estimate of drug-likeness (QED) is 0.513. The fraction of sp³-hybridized carbons (Fsp3) is 0.581. The van der Waals surface area contributed by atoms with E-state index in [1.807, 2.05) is 18.2 Å². The normalized spacial score (nSPS) is 32.4. The Morgan fingerprint density at radius 1 is 1.21 bits per heavy atom. The Bertz CT molecular complexity index is 1190. The molecule has 1 saturated carbocycles. The number of carbonyl (C=O) groups excluding carboxylic acids is 1. The van der Waals surface area contributed by atoms with E-state index in [9.17, 15) is 9.90 Å². The fourth-order valence-electron chi connectivity index (χ4n) is 7.39. The van der Waals surface area contributed by atoms with E-state index in [0.717, 1.165) is 68.1 Å². The molecule has 1 saturated heterocycles. The van der Waals surface area contributed by atoms with Crippen LogP contribution in [0.5, 0.6) is 5.75 Å². The fourth-order valence-corrected chi connectivity index (χ4v) is 7.58. The number of nitrogens with zero attached hydrogens (tertiary/aromatic N) is 1. The number of anilines is 1. The third-order valence-electron chi connectivity index (χ3n) is 9.38. The molecule has 6 nitrogen and oxygen atoms in total. The topological polar surface area (TPSA) is 68.2 Å². The van der Waals surface area contributed by atoms with Gasteiger partial charge in [-0.3, -0.25) is 0 Å². The van der Waals surface area contributed by atoms with Gasteiger partial charge >= 0.3 is 5.97 Å². The average Bonchev–Trinajstić information content (AvgIpc) is 3.02. The van der Waals surface area contributed by atoms with Crippen LogP contribution in [0.1, 0.15) is 66.9 Å². The van der Waals surface area contributed by atoms with Gasteiger partial charge in [-0.15, -0.1) is 0 Å². The molecule has 6 atom stereocenters. The van der Waals surface area contributed by atoms with Crippen LogP contribution in [0.3, 0.4) is 0 Å². The first-order chi connectivity index (χ1) is 18.3. The lowest BCUT2D eigenvalue weighted by molar-refractivity contribution is -0.135. The first-order valence-corrected chi connectivity index (χ1v) is 14.5. The number of rotatable bonds is 4. The summed E-state index contributed by atoms with van der Waals surface area (Å²) in [7, 11) is 1.42. The predicted molar refractivity (Wildman–Crippen MR) is 147 cm³/mol. The molecule has 38 heavy (non-hydrogen) atoms. The first-order valence-electron chi connectivity index (χ1n) is 14.1. The second-order valence-corrected chi connectivity index (χ2v) is 12.3. The number of hydrogen-bond acceptors (Lipinski definition) is 6. The number of aliphatic hydroxyl groups is 1. The molecule has 0 radical (unpaired) electrons. The third-order valence-corrected chi connectivity index (χ3v) is 9.62. The van der Waals surface area contributed by atoms with Crippen molar-refractivity contribution in [1.29, 1.82) is 0 Å². The first kappa shape index (κ1) is 26.0. The number of ether oxygens (including phenoxy) is 3. The highest BCUT2D eigenvalue weighted by Crippen LogP contribution is 2.47. The van der Waals surface area contributed by atoms with Gasteiger partial charge < -0.3 is 24.2 Å². The molecule has 0 amide bonds. The SMILES string of the molecule is COC(=O)c1ccc2c(c1)N(C[C@@H]1CC[C@H]1[C@H]1C[C@@H](O)C[C@H](C)O1)C[C@@]1(CCCc3cc(Cl)ccc31)CO2. The van der Waals surface area contributed by atoms with E-state index in [2.05, 4.69) is 24.0 Å². The molecule has 1 N–H and O–H groups in total. The molecule has 2 fully saturated rings. The highest BCUT2D eigenvalue weighted by Gasteiger charge is 2.45. The number of halogens is 1. The number of aryl methyl sites for hydroxylation is 1. The molecule has 7 heteroatoms. The Balaban J connectivity index is 1.34. The molecule has 2 aromatic rings. The molecule has 0 unspecified atom stereocenters. The van der Waals surface area contributed by atoms with Crippen molar-refractivity contribution >= 4 is 23.3 Å². The van der Waals surface area contributed by atoms with Gasteiger partial charge in [-0.1, -0.05) is 17.7 Å². The molecule has 204 valence electrons. The van der Waals surface area contributed by atoms with Crippen molar-refractivity contribution in [3.63, 3.8) is 0 Å². The second-order valence-electron chi connectivity index (χ2n) is 11.9. The third kappa shape index (κ3) is 4.80. The summed E-state index contributed by atoms with van der Waals surface area (Å²) in [6.45, 7) is 4.33. The highest BCUT2D eigenvalue weighted by molar-refractivity contribution is 6.30. The van der Waals surface area contributed by atoms with Crippen LogP contribution in [-0.4, -0.2) is 56.2 Å². The lowest BCUT2D eigenvalue weighted by Crippen LogP contribution is -2.51. The number of benzene rings is 2. The van der Waals surface area contributed by atoms with Gasteiger partial charge in [0.25, 0.3) is 0 Å². The summed E-state index contributed by atoms with van der Waals surface area (Å²) in [5.74, 6) is 1.35. The van der Waals surface area contributed by atoms with Crippen molar-refractivity contribution in [1.82, 2.24) is 0 Å². The molecular formula is C31H38ClNO5. The molecule has 2 aliphatic heterocycles. The highest BCUT2D eigenvalue weighted by atomic mass is 35.5. The Hall–Kier alpha value is -2.28. The van der Waals surface area contributed by atoms with E-state index >= 15 is 0 Å². The minimum atomic E-state index is -0.343. The molecule has 6 rings (SSSR count). The zero-order valence-electron chi connectivity index (χ0n) is 22.3. The van der Waals surface area contributed by atoms with Crippen LogP contribution >= 0.6 is 11.6 Å². The standard InChI is InChI=1S/C31H38ClNO5/c1-19-12-24(34)15-29(38-19)25-8-5-22(25)16-33-17-31(11-3-4-20-13-23(32)7-9-26(20)31)18-37-28-10-6-21(14-27(28)33)30(35)36-2/h6-7,9-10,13-14,19,22,24-25,29,34H,3-5,8,11-12,15-18H2,1-2H3/t19-,22-,24-,25+,29+,31-/m0/s1. The van der Waals surface area contributed by atoms with E-state index in [1.54, 1.807) is 6.07 Å². The molecule has 2 aliphatic carbocycles. The average molecular weight is 540 g/mol. The lowest BCUT2D eigenvalue weighted by Gasteiger charge is -2.48. The van der Waals surface area contributed by atoms with Crippen LogP contribution in [0.4, 0.5) is 5.69 Å². The molecule has 0 aromatic heterocycles. The summed E-state index contributed by atoms with van der Waals surface area (Å²) in [5.41, 5.74) is 3.97. The maximum Gasteiger partial charge on any atom is 0.337 e. The van der Waals surface area contributed by atoms with Gasteiger partial charge in [0.1, 0.15) is 5.75 Å². The van der Waals surface area contributed by atoms with E-state index in [0.29, 0.717) is 30.4 Å². The van der Waals surface area contributed by atoms with E-state index < -0.39 is 0 Å². The van der Waals surface area contributed by atoms with Gasteiger partial charge in [-0.2, -0.15) is 0 Å². The van der Waals surface area contributed by atoms with Gasteiger partial charge in [0.15, 0.2) is 0 Å². The molecule has 4 aliphatic rings. The van der Waals surface area contributed by atoms with Crippen molar-refractivity contribution in [2.45, 2.75) is 75.6 Å². The van der Waals surface area contributed by atoms with Gasteiger partial charge in [-0.25, -0.2) is 4.79 Å². The van der Waals surface area contributed by atoms with Crippen molar-refractivity contribution in [3.05, 3.63) is 58.1 Å². The Morgan fingerprint density at radius 3 is 2.84 bits per heavy atom. The van der Waals surface area contributed by atoms with Crippen molar-refractivity contribution in [2.75, 3.05) is 31.7 Å². The second kappa shape index (κ2) is 10.4. The summed E-state index contributed by atoms with van der Waals surface area (Å²) in [6, 6.07) is 12.0. The summed E-state index contributed by atoms with van der Waals surface area (Å²) >= 11 is 6.39. The van der Waals surface area contributed by atoms with Crippen LogP contribution in [0.2, 0.25) is 5.02 Å². The Kier molecular flexibility index (Phi) is 7.08. The summed E-state index contributed by atoms with van der Waals surface area (Å²) < 4.78 is 17.9. The Morgan fingerprint density at radius 2 is 2.08 bits per heavy atom. The number of carbonyl (C=O) groups is 1. The molecule has 1 spiro atoms. The number of fused-ring (bicyclic) bond motifs is 3. The van der Waals surface area contributed by atoms with Crippen molar-refractivity contribution < 1.29 is 24.1 Å². The Labute approximate surface area is 230 Å². The van der Waals surface area contributed by atoms with Crippen LogP contribution in [-0.2, 0) is 21.3 Å². The molecule has 2 heterocycles. The van der Waals surface area contributed by atoms with Crippen molar-refractivity contribution in [2.24, 2.45) is 11.8 Å². The monoisotopic (exact) mass is 539 g/mol. The number of esters is 1. The summed E-state index contributed by atoms with van der Waals surface area (Å²) in [6.07, 6.45) is 6.76. The van der Waals surface area contributed by atoms with Gasteiger partial charge in [0, 0.05) is 23.5 Å². The number of hydrogen-bond donors (Lipinski definition) is 1. The van der Waals surface area contributed by atoms with Crippen molar-refractivity contribution in [3.8, 4) is 5.75 Å². The molecular weight excluding hydrogens is 502 g/mol. The number of methoxy groups -OCH3 is 1. The van der Waals surface area contributed by atoms with Gasteiger partial charge in [0.05, 0.1) is 43.3 Å². The van der Waals surface area contributed by atoms with Crippen LogP contribution in [0, 0.1) is 11.8 Å². The largest absolute Gasteiger partial charge is 0.490 e. The maximum atomic E-state index is 12.5. The van der Waals surface area contributed by atoms with Crippen LogP contribution in [0.25, 0.3) is 0 Å². The van der Waals surface area contributed by atoms with Gasteiger partial charge in [-0.05, 0) is 105 Å². The van der Waals surface area contributed by atoms with E-state index in [-0.39, 0.29) is 29.7 Å². The minimum absolute atomic E-state index is 0.0914. The summed E-state index contributed by atoms with van der Waals surface area (Å²) in [5, 5.41) is 11.2. The van der Waals surface area contributed by atoms with E-state index in [4.69, 9.17) is 25.8 Å². The zero-order chi connectivity index (χ0) is 26.4. The van der Waals surface area contributed by atoms with Crippen LogP contribution < -0.4 is 9.64 Å². The maximum absolute atomic E-state index is 12.5. The predicted octanol–water partition coefficient (Wildman–Crippen LogP) is 5.55. The number of aliphatic hydroxyl groups excluding tert-OH is 1. The minimum Gasteiger partial charge on any atom is -0.490 e. The lowest BCUT2D eigenvalue weighted by atomic mass is 9.67. The molecule has 2 aromatic carbocycles. The smallest absolute Gasteiger partial charge is 0.337 e.